The zero-order chi connectivity index (χ0) is 12.0. The fourth-order valence-electron chi connectivity index (χ4n) is 1.64. The molecule has 0 saturated carbocycles. The molecule has 2 aliphatic carbocycles. The monoisotopic (exact) mass is 339 g/mol. The summed E-state index contributed by atoms with van der Waals surface area (Å²) in [5.74, 6) is 1.32. The molecule has 2 aliphatic rings. The van der Waals surface area contributed by atoms with Crippen molar-refractivity contribution >= 4 is 0 Å². The van der Waals surface area contributed by atoms with Gasteiger partial charge in [0.05, 0.1) is 0 Å². The molecule has 0 heterocycles. The van der Waals surface area contributed by atoms with Crippen LogP contribution in [0.4, 0.5) is 0 Å². The van der Waals surface area contributed by atoms with Crippen molar-refractivity contribution in [3.05, 3.63) is 47.6 Å². The van der Waals surface area contributed by atoms with Crippen LogP contribution in [0.25, 0.3) is 0 Å². The molecule has 0 aromatic carbocycles. The predicted molar refractivity (Wildman–Crippen MR) is 70.7 cm³/mol. The number of halogens is 1. The van der Waals surface area contributed by atoms with Gasteiger partial charge >= 0.3 is 26.2 Å². The van der Waals surface area contributed by atoms with Gasteiger partial charge in [-0.2, -0.15) is 12.2 Å². The van der Waals surface area contributed by atoms with Crippen LogP contribution in [0.5, 0.6) is 0 Å². The molecule has 0 unspecified atom stereocenters. The molecule has 2 heteroatoms. The van der Waals surface area contributed by atoms with E-state index in [-0.39, 0.29) is 38.6 Å². The average Bonchev–Trinajstić information content (AvgIpc) is 2.93. The molecule has 0 aromatic rings. The van der Waals surface area contributed by atoms with Crippen LogP contribution < -0.4 is 12.4 Å². The fourth-order valence-corrected chi connectivity index (χ4v) is 1.64. The summed E-state index contributed by atoms with van der Waals surface area (Å²) in [5, 5.41) is 0. The Hall–Kier alpha value is 0.133. The Morgan fingerprint density at radius 2 is 1.17 bits per heavy atom. The van der Waals surface area contributed by atoms with E-state index >= 15 is 0 Å². The molecule has 0 nitrogen and oxygen atoms in total. The SMILES string of the molecule is CC(C)C1=[C-]CC=C1.CC(C)C1=[C-]CC=C1.[Cl-].[Zr+2]. The van der Waals surface area contributed by atoms with Crippen LogP contribution in [-0.2, 0) is 26.2 Å². The summed E-state index contributed by atoms with van der Waals surface area (Å²) < 4.78 is 0. The van der Waals surface area contributed by atoms with E-state index in [1.165, 1.54) is 11.1 Å². The molecule has 0 fully saturated rings. The van der Waals surface area contributed by atoms with Gasteiger partial charge in [-0.05, 0) is 0 Å². The maximum absolute atomic E-state index is 3.26. The Balaban J connectivity index is 0. The first-order valence-corrected chi connectivity index (χ1v) is 6.15. The van der Waals surface area contributed by atoms with Crippen LogP contribution in [0.3, 0.4) is 0 Å². The van der Waals surface area contributed by atoms with Crippen molar-refractivity contribution in [3.63, 3.8) is 0 Å². The molecule has 0 atom stereocenters. The summed E-state index contributed by atoms with van der Waals surface area (Å²) in [7, 11) is 0. The third kappa shape index (κ3) is 7.54. The molecule has 0 saturated heterocycles. The molecule has 0 aliphatic heterocycles. The van der Waals surface area contributed by atoms with Crippen molar-refractivity contribution in [1.29, 1.82) is 0 Å². The molecule has 0 spiro atoms. The topological polar surface area (TPSA) is 0 Å². The molecule has 2 rings (SSSR count). The average molecular weight is 341 g/mol. The smallest absolute Gasteiger partial charge is 1.00 e. The number of rotatable bonds is 2. The zero-order valence-electron chi connectivity index (χ0n) is 11.8. The van der Waals surface area contributed by atoms with E-state index in [0.29, 0.717) is 11.8 Å². The third-order valence-corrected chi connectivity index (χ3v) is 2.69. The Morgan fingerprint density at radius 1 is 0.833 bits per heavy atom. The van der Waals surface area contributed by atoms with Crippen LogP contribution in [0, 0.1) is 24.0 Å². The summed E-state index contributed by atoms with van der Waals surface area (Å²) in [6.07, 6.45) is 17.2. The van der Waals surface area contributed by atoms with Gasteiger partial charge in [0.25, 0.3) is 0 Å². The normalized spacial score (nSPS) is 15.7. The van der Waals surface area contributed by atoms with E-state index in [0.717, 1.165) is 12.8 Å². The number of hydrogen-bond acceptors (Lipinski definition) is 0. The van der Waals surface area contributed by atoms with Crippen molar-refractivity contribution in [2.45, 2.75) is 40.5 Å². The van der Waals surface area contributed by atoms with Gasteiger partial charge < -0.3 is 12.4 Å². The standard InChI is InChI=1S/2C8H11.ClH.Zr/c2*1-7(2)8-5-3-4-6-8;;/h2*3,5,7H,4H2,1-2H3;1H;/q2*-1;;+2/p-1. The first kappa shape index (κ1) is 20.5. The largest absolute Gasteiger partial charge is 2.00 e. The van der Waals surface area contributed by atoms with E-state index < -0.39 is 0 Å². The van der Waals surface area contributed by atoms with E-state index in [1.807, 2.05) is 0 Å². The first-order valence-electron chi connectivity index (χ1n) is 6.15. The van der Waals surface area contributed by atoms with E-state index in [2.05, 4.69) is 64.2 Å². The second-order valence-electron chi connectivity index (χ2n) is 4.79. The van der Waals surface area contributed by atoms with Gasteiger partial charge in [-0.1, -0.05) is 39.5 Å². The molecule has 98 valence electrons. The van der Waals surface area contributed by atoms with E-state index in [1.54, 1.807) is 0 Å². The number of allylic oxidation sites excluding steroid dienone is 8. The minimum Gasteiger partial charge on any atom is -1.00 e. The second-order valence-corrected chi connectivity index (χ2v) is 4.79. The second kappa shape index (κ2) is 11.0. The molecular formula is C16H22ClZr-. The minimum atomic E-state index is 0. The van der Waals surface area contributed by atoms with Crippen molar-refractivity contribution in [2.24, 2.45) is 11.8 Å². The van der Waals surface area contributed by atoms with Gasteiger partial charge in [-0.15, -0.1) is 12.8 Å². The summed E-state index contributed by atoms with van der Waals surface area (Å²) in [4.78, 5) is 0. The fraction of sp³-hybridized carbons (Fsp3) is 0.500. The molecule has 0 radical (unpaired) electrons. The van der Waals surface area contributed by atoms with Gasteiger partial charge in [0.2, 0.25) is 0 Å². The van der Waals surface area contributed by atoms with E-state index in [4.69, 9.17) is 0 Å². The Bertz CT molecular complexity index is 299. The Morgan fingerprint density at radius 3 is 1.28 bits per heavy atom. The van der Waals surface area contributed by atoms with Crippen molar-refractivity contribution < 1.29 is 38.6 Å². The van der Waals surface area contributed by atoms with Crippen LogP contribution in [0.1, 0.15) is 40.5 Å². The molecular weight excluding hydrogens is 319 g/mol. The summed E-state index contributed by atoms with van der Waals surface area (Å²) in [6, 6.07) is 0. The molecule has 18 heavy (non-hydrogen) atoms. The van der Waals surface area contributed by atoms with Gasteiger partial charge in [0.1, 0.15) is 0 Å². The van der Waals surface area contributed by atoms with Gasteiger partial charge in [0.15, 0.2) is 0 Å². The van der Waals surface area contributed by atoms with Gasteiger partial charge in [-0.25, -0.2) is 23.3 Å². The van der Waals surface area contributed by atoms with Crippen LogP contribution in [0.2, 0.25) is 0 Å². The summed E-state index contributed by atoms with van der Waals surface area (Å²) in [6.45, 7) is 8.77. The third-order valence-electron chi connectivity index (χ3n) is 2.69. The molecule has 0 N–H and O–H groups in total. The minimum absolute atomic E-state index is 0. The van der Waals surface area contributed by atoms with Crippen molar-refractivity contribution in [1.82, 2.24) is 0 Å². The van der Waals surface area contributed by atoms with E-state index in [9.17, 15) is 0 Å². The van der Waals surface area contributed by atoms with Crippen molar-refractivity contribution in [2.75, 3.05) is 0 Å². The maximum atomic E-state index is 3.26. The molecule has 0 aromatic heterocycles. The summed E-state index contributed by atoms with van der Waals surface area (Å²) in [5.41, 5.74) is 2.73. The molecule has 0 bridgehead atoms. The van der Waals surface area contributed by atoms with Crippen molar-refractivity contribution in [3.8, 4) is 0 Å². The van der Waals surface area contributed by atoms with Gasteiger partial charge in [0, 0.05) is 0 Å². The van der Waals surface area contributed by atoms with Crippen LogP contribution in [0.15, 0.2) is 35.5 Å². The van der Waals surface area contributed by atoms with Gasteiger partial charge in [-0.3, -0.25) is 12.2 Å². The molecule has 0 amide bonds. The Labute approximate surface area is 138 Å². The Kier molecular flexibility index (Phi) is 12.5. The van der Waals surface area contributed by atoms with Crippen LogP contribution in [-0.4, -0.2) is 0 Å². The maximum Gasteiger partial charge on any atom is 2.00 e. The predicted octanol–water partition coefficient (Wildman–Crippen LogP) is 1.67. The zero-order valence-corrected chi connectivity index (χ0v) is 15.0. The number of hydrogen-bond donors (Lipinski definition) is 0. The first-order chi connectivity index (χ1) is 7.61. The summed E-state index contributed by atoms with van der Waals surface area (Å²) >= 11 is 0. The van der Waals surface area contributed by atoms with Crippen LogP contribution >= 0.6 is 0 Å². The quantitative estimate of drug-likeness (QED) is 0.671.